The number of hydrogen-bond acceptors (Lipinski definition) is 5. The number of thiophene rings is 1. The average molecular weight is 530 g/mol. The second kappa shape index (κ2) is 9.88. The number of aryl methyl sites for hydroxylation is 1. The Morgan fingerprint density at radius 2 is 1.95 bits per heavy atom. The Balaban J connectivity index is 1.31. The predicted molar refractivity (Wildman–Crippen MR) is 150 cm³/mol. The molecule has 3 aliphatic rings. The standard InChI is InChI=1S/C32H35NO4S/c1-4-37-31(35)28-29-26(38-30(28)33-27(34)16-19-8-6-5-7-9-19)18-25-24-12-10-20-17-21(36-3)11-13-22(20)23(24)14-15-32(25,29)2/h5-9,11,13,17,23-25H,4,10,12,14-16,18H2,1-3H3,(H,33,34)/t23-,24+,25-,32-/m1/s1. The van der Waals surface area contributed by atoms with Crippen LogP contribution in [0.5, 0.6) is 5.75 Å². The van der Waals surface area contributed by atoms with Gasteiger partial charge in [0.25, 0.3) is 0 Å². The monoisotopic (exact) mass is 529 g/mol. The van der Waals surface area contributed by atoms with Gasteiger partial charge >= 0.3 is 5.97 Å². The van der Waals surface area contributed by atoms with Crippen LogP contribution in [0, 0.1) is 11.8 Å². The second-order valence-corrected chi connectivity index (χ2v) is 12.3. The van der Waals surface area contributed by atoms with Crippen LogP contribution in [0.25, 0.3) is 0 Å². The summed E-state index contributed by atoms with van der Waals surface area (Å²) in [5, 5.41) is 3.74. The lowest BCUT2D eigenvalue weighted by molar-refractivity contribution is -0.115. The number of nitrogens with one attached hydrogen (secondary N) is 1. The third kappa shape index (κ3) is 4.14. The lowest BCUT2D eigenvalue weighted by atomic mass is 9.54. The third-order valence-corrected chi connectivity index (χ3v) is 10.3. The topological polar surface area (TPSA) is 64.6 Å². The molecule has 0 spiro atoms. The predicted octanol–water partition coefficient (Wildman–Crippen LogP) is 6.68. The number of amides is 1. The van der Waals surface area contributed by atoms with E-state index < -0.39 is 0 Å². The van der Waals surface area contributed by atoms with Gasteiger partial charge < -0.3 is 14.8 Å². The molecule has 0 saturated heterocycles. The van der Waals surface area contributed by atoms with Gasteiger partial charge in [-0.1, -0.05) is 43.3 Å². The first-order chi connectivity index (χ1) is 18.4. The Kier molecular flexibility index (Phi) is 6.55. The summed E-state index contributed by atoms with van der Waals surface area (Å²) < 4.78 is 11.0. The van der Waals surface area contributed by atoms with Crippen molar-refractivity contribution in [2.75, 3.05) is 19.0 Å². The number of methoxy groups -OCH3 is 1. The van der Waals surface area contributed by atoms with Crippen LogP contribution in [0.4, 0.5) is 5.00 Å². The number of anilines is 1. The van der Waals surface area contributed by atoms with E-state index in [9.17, 15) is 9.59 Å². The summed E-state index contributed by atoms with van der Waals surface area (Å²) in [5.74, 6) is 2.14. The fraction of sp³-hybridized carbons (Fsp3) is 0.438. The average Bonchev–Trinajstić information content (AvgIpc) is 3.42. The van der Waals surface area contributed by atoms with Crippen molar-refractivity contribution in [3.8, 4) is 5.75 Å². The molecule has 6 heteroatoms. The van der Waals surface area contributed by atoms with Crippen molar-refractivity contribution >= 4 is 28.2 Å². The van der Waals surface area contributed by atoms with Gasteiger partial charge in [0, 0.05) is 4.88 Å². The van der Waals surface area contributed by atoms with E-state index in [1.165, 1.54) is 16.0 Å². The van der Waals surface area contributed by atoms with E-state index in [0.29, 0.717) is 34.9 Å². The van der Waals surface area contributed by atoms with Gasteiger partial charge in [-0.05, 0) is 96.6 Å². The first kappa shape index (κ1) is 25.2. The fourth-order valence-corrected chi connectivity index (χ4v) is 8.96. The van der Waals surface area contributed by atoms with Crippen molar-refractivity contribution in [3.05, 3.63) is 81.2 Å². The van der Waals surface area contributed by atoms with Crippen molar-refractivity contribution < 1.29 is 19.1 Å². The summed E-state index contributed by atoms with van der Waals surface area (Å²) in [6, 6.07) is 16.3. The van der Waals surface area contributed by atoms with Gasteiger partial charge in [-0.3, -0.25) is 4.79 Å². The van der Waals surface area contributed by atoms with Gasteiger partial charge in [-0.2, -0.15) is 0 Å². The van der Waals surface area contributed by atoms with E-state index in [4.69, 9.17) is 9.47 Å². The van der Waals surface area contributed by atoms with E-state index in [1.807, 2.05) is 37.3 Å². The van der Waals surface area contributed by atoms with Crippen LogP contribution in [-0.2, 0) is 34.2 Å². The summed E-state index contributed by atoms with van der Waals surface area (Å²) in [7, 11) is 1.73. The summed E-state index contributed by atoms with van der Waals surface area (Å²) in [6.45, 7) is 4.50. The van der Waals surface area contributed by atoms with E-state index in [0.717, 1.165) is 49.0 Å². The number of ether oxygens (including phenoxy) is 2. The summed E-state index contributed by atoms with van der Waals surface area (Å²) in [6.07, 6.45) is 5.60. The first-order valence-electron chi connectivity index (χ1n) is 13.8. The van der Waals surface area contributed by atoms with Gasteiger partial charge in [0.05, 0.1) is 25.7 Å². The van der Waals surface area contributed by atoms with Crippen LogP contribution < -0.4 is 10.1 Å². The summed E-state index contributed by atoms with van der Waals surface area (Å²) in [5.41, 5.74) is 5.50. The molecule has 1 heterocycles. The SMILES string of the molecule is CCOC(=O)c1c(NC(=O)Cc2ccccc2)sc2c1[C@]1(C)CC[C@@H]3c4ccc(OC)cc4CC[C@@H]3[C@H]1C2. The van der Waals surface area contributed by atoms with Gasteiger partial charge in [0.1, 0.15) is 10.8 Å². The molecule has 1 saturated carbocycles. The maximum Gasteiger partial charge on any atom is 0.341 e. The van der Waals surface area contributed by atoms with Gasteiger partial charge in [-0.15, -0.1) is 11.3 Å². The van der Waals surface area contributed by atoms with Crippen LogP contribution in [0.15, 0.2) is 48.5 Å². The van der Waals surface area contributed by atoms with Crippen molar-refractivity contribution in [3.63, 3.8) is 0 Å². The zero-order valence-electron chi connectivity index (χ0n) is 22.3. The minimum absolute atomic E-state index is 0.0958. The molecule has 0 bridgehead atoms. The zero-order valence-corrected chi connectivity index (χ0v) is 23.2. The van der Waals surface area contributed by atoms with Crippen molar-refractivity contribution in [1.82, 2.24) is 0 Å². The highest BCUT2D eigenvalue weighted by atomic mass is 32.1. The van der Waals surface area contributed by atoms with Crippen LogP contribution in [0.1, 0.15) is 76.5 Å². The summed E-state index contributed by atoms with van der Waals surface area (Å²) >= 11 is 1.59. The van der Waals surface area contributed by atoms with Crippen LogP contribution >= 0.6 is 11.3 Å². The number of esters is 1. The normalized spacial score (nSPS) is 25.0. The molecular weight excluding hydrogens is 494 g/mol. The molecular formula is C32H35NO4S. The van der Waals surface area contributed by atoms with Gasteiger partial charge in [0.2, 0.25) is 5.91 Å². The van der Waals surface area contributed by atoms with Crippen LogP contribution in [-0.4, -0.2) is 25.6 Å². The molecule has 5 nitrogen and oxygen atoms in total. The quantitative estimate of drug-likeness (QED) is 0.362. The second-order valence-electron chi connectivity index (χ2n) is 11.2. The molecule has 3 aromatic rings. The number of hydrogen-bond donors (Lipinski definition) is 1. The Labute approximate surface area is 228 Å². The molecule has 1 amide bonds. The van der Waals surface area contributed by atoms with E-state index >= 15 is 0 Å². The van der Waals surface area contributed by atoms with Crippen molar-refractivity contribution in [2.45, 2.75) is 63.7 Å². The van der Waals surface area contributed by atoms with Gasteiger partial charge in [0.15, 0.2) is 0 Å². The minimum Gasteiger partial charge on any atom is -0.497 e. The maximum atomic E-state index is 13.4. The Bertz CT molecular complexity index is 1380. The van der Waals surface area contributed by atoms with E-state index in [-0.39, 0.29) is 23.7 Å². The highest BCUT2D eigenvalue weighted by Crippen LogP contribution is 2.63. The molecule has 198 valence electrons. The Morgan fingerprint density at radius 3 is 2.71 bits per heavy atom. The van der Waals surface area contributed by atoms with Crippen molar-refractivity contribution in [1.29, 1.82) is 0 Å². The van der Waals surface area contributed by atoms with E-state index in [2.05, 4.69) is 30.4 Å². The number of fused-ring (bicyclic) bond motifs is 7. The highest BCUT2D eigenvalue weighted by Gasteiger charge is 2.55. The lowest BCUT2D eigenvalue weighted by Gasteiger charge is -2.49. The Morgan fingerprint density at radius 1 is 1.13 bits per heavy atom. The molecule has 1 N–H and O–H groups in total. The molecule has 6 rings (SSSR count). The van der Waals surface area contributed by atoms with Crippen LogP contribution in [0.2, 0.25) is 0 Å². The van der Waals surface area contributed by atoms with E-state index in [1.54, 1.807) is 18.4 Å². The smallest absolute Gasteiger partial charge is 0.341 e. The number of benzene rings is 2. The maximum absolute atomic E-state index is 13.4. The minimum atomic E-state index is -0.315. The largest absolute Gasteiger partial charge is 0.497 e. The molecule has 1 fully saturated rings. The molecule has 2 aromatic carbocycles. The van der Waals surface area contributed by atoms with Gasteiger partial charge in [-0.25, -0.2) is 4.79 Å². The fourth-order valence-electron chi connectivity index (χ4n) is 7.56. The molecule has 4 atom stereocenters. The molecule has 1 aromatic heterocycles. The molecule has 0 aliphatic heterocycles. The molecule has 0 radical (unpaired) electrons. The third-order valence-electron chi connectivity index (χ3n) is 9.22. The molecule has 38 heavy (non-hydrogen) atoms. The zero-order chi connectivity index (χ0) is 26.4. The summed E-state index contributed by atoms with van der Waals surface area (Å²) in [4.78, 5) is 27.6. The lowest BCUT2D eigenvalue weighted by Crippen LogP contribution is -2.43. The first-order valence-corrected chi connectivity index (χ1v) is 14.6. The number of carbonyl (C=O) groups excluding carboxylic acids is 2. The molecule has 0 unspecified atom stereocenters. The Hall–Kier alpha value is -3.12. The highest BCUT2D eigenvalue weighted by molar-refractivity contribution is 7.17. The molecule has 3 aliphatic carbocycles. The van der Waals surface area contributed by atoms with Crippen molar-refractivity contribution in [2.24, 2.45) is 11.8 Å². The number of rotatable bonds is 6. The van der Waals surface area contributed by atoms with Crippen LogP contribution in [0.3, 0.4) is 0 Å². The number of carbonyl (C=O) groups is 2.